The molecule has 25 heavy (non-hydrogen) atoms. The van der Waals surface area contributed by atoms with E-state index < -0.39 is 0 Å². The van der Waals surface area contributed by atoms with E-state index in [1.54, 1.807) is 11.3 Å². The average Bonchev–Trinajstić information content (AvgIpc) is 3.26. The molecule has 2 heterocycles. The molecule has 3 nitrogen and oxygen atoms in total. The smallest absolute Gasteiger partial charge is 0.186 e. The Morgan fingerprint density at radius 2 is 2.04 bits per heavy atom. The molecule has 0 atom stereocenters. The molecular weight excluding hydrogens is 370 g/mol. The molecule has 0 N–H and O–H groups in total. The van der Waals surface area contributed by atoms with Gasteiger partial charge in [0.1, 0.15) is 0 Å². The van der Waals surface area contributed by atoms with Crippen molar-refractivity contribution in [3.63, 3.8) is 0 Å². The molecule has 6 heteroatoms. The molecule has 0 saturated heterocycles. The Morgan fingerprint density at radius 3 is 2.84 bits per heavy atom. The Labute approximate surface area is 162 Å². The average molecular weight is 393 g/mol. The third-order valence-corrected chi connectivity index (χ3v) is 6.12. The van der Waals surface area contributed by atoms with Crippen LogP contribution in [0.15, 0.2) is 23.6 Å². The van der Waals surface area contributed by atoms with Gasteiger partial charge in [0.05, 0.1) is 15.9 Å². The van der Waals surface area contributed by atoms with Crippen LogP contribution < -0.4 is 4.90 Å². The highest BCUT2D eigenvalue weighted by atomic mass is 35.5. The van der Waals surface area contributed by atoms with Crippen LogP contribution in [-0.2, 0) is 6.42 Å². The molecule has 0 fully saturated rings. The van der Waals surface area contributed by atoms with Crippen molar-refractivity contribution in [3.05, 3.63) is 39.8 Å². The number of halogens is 1. The summed E-state index contributed by atoms with van der Waals surface area (Å²) < 4.78 is 1.15. The van der Waals surface area contributed by atoms with Crippen molar-refractivity contribution in [2.45, 2.75) is 45.4 Å². The molecule has 1 radical (unpaired) electrons. The zero-order valence-electron chi connectivity index (χ0n) is 14.5. The van der Waals surface area contributed by atoms with Gasteiger partial charge in [-0.2, -0.15) is 0 Å². The van der Waals surface area contributed by atoms with Gasteiger partial charge in [-0.15, -0.1) is 11.3 Å². The monoisotopic (exact) mass is 392 g/mol. The summed E-state index contributed by atoms with van der Waals surface area (Å²) in [5.74, 6) is 0. The van der Waals surface area contributed by atoms with Crippen LogP contribution in [0.1, 0.15) is 44.7 Å². The molecule has 0 aliphatic carbocycles. The molecule has 0 unspecified atom stereocenters. The molecule has 0 bridgehead atoms. The first kappa shape index (κ1) is 18.6. The predicted octanol–water partition coefficient (Wildman–Crippen LogP) is 6.23. The van der Waals surface area contributed by atoms with E-state index in [2.05, 4.69) is 27.7 Å². The molecule has 3 rings (SSSR count). The van der Waals surface area contributed by atoms with E-state index in [9.17, 15) is 0 Å². The van der Waals surface area contributed by atoms with Gasteiger partial charge in [0.25, 0.3) is 0 Å². The number of fused-ring (bicyclic) bond motifs is 1. The Bertz CT molecular complexity index is 770. The van der Waals surface area contributed by atoms with E-state index in [0.29, 0.717) is 0 Å². The van der Waals surface area contributed by atoms with Crippen molar-refractivity contribution in [3.8, 4) is 0 Å². The van der Waals surface area contributed by atoms with Gasteiger partial charge in [0, 0.05) is 29.9 Å². The fraction of sp³-hybridized carbons (Fsp3) is 0.474. The summed E-state index contributed by atoms with van der Waals surface area (Å²) in [6, 6.07) is 5.92. The first-order valence-electron chi connectivity index (χ1n) is 8.87. The van der Waals surface area contributed by atoms with Gasteiger partial charge in [-0.05, 0) is 24.6 Å². The minimum Gasteiger partial charge on any atom is -0.348 e. The maximum absolute atomic E-state index is 6.12. The second-order valence-electron chi connectivity index (χ2n) is 6.19. The minimum absolute atomic E-state index is 0.770. The van der Waals surface area contributed by atoms with Gasteiger partial charge in [0.15, 0.2) is 10.6 Å². The number of anilines is 1. The third-order valence-electron chi connectivity index (χ3n) is 4.22. The van der Waals surface area contributed by atoms with Gasteiger partial charge in [-0.1, -0.05) is 55.5 Å². The first-order valence-corrected chi connectivity index (χ1v) is 10.9. The second kappa shape index (κ2) is 9.51. The van der Waals surface area contributed by atoms with E-state index in [1.165, 1.54) is 43.4 Å². The summed E-state index contributed by atoms with van der Waals surface area (Å²) in [6.45, 7) is 4.24. The van der Waals surface area contributed by atoms with Crippen molar-refractivity contribution in [1.29, 1.82) is 0 Å². The number of thiazole rings is 2. The maximum Gasteiger partial charge on any atom is 0.186 e. The minimum atomic E-state index is 0.770. The number of hydrogen-bond donors (Lipinski definition) is 0. The highest BCUT2D eigenvalue weighted by Gasteiger charge is 2.13. The number of hydrogen-bond acceptors (Lipinski definition) is 5. The fourth-order valence-corrected chi connectivity index (χ4v) is 4.62. The Balaban J connectivity index is 1.68. The van der Waals surface area contributed by atoms with Crippen LogP contribution >= 0.6 is 34.3 Å². The van der Waals surface area contributed by atoms with Crippen molar-refractivity contribution in [2.24, 2.45) is 0 Å². The van der Waals surface area contributed by atoms with Crippen molar-refractivity contribution < 1.29 is 0 Å². The molecule has 0 saturated carbocycles. The standard InChI is InChI=1S/C19H23ClN3S2/c1-2-3-4-5-6-10-23(11-9-16-13-24-14-21-16)19-22-17-8-7-15(20)12-18(17)25-19/h7-8,12-13H,2-6,9-11H2,1H3. The van der Waals surface area contributed by atoms with E-state index in [-0.39, 0.29) is 0 Å². The molecule has 0 aliphatic rings. The summed E-state index contributed by atoms with van der Waals surface area (Å²) in [5.41, 5.74) is 5.08. The number of benzene rings is 1. The number of aromatic nitrogens is 2. The van der Waals surface area contributed by atoms with Crippen molar-refractivity contribution in [2.75, 3.05) is 18.0 Å². The summed E-state index contributed by atoms with van der Waals surface area (Å²) in [7, 11) is 0. The van der Waals surface area contributed by atoms with E-state index >= 15 is 0 Å². The van der Waals surface area contributed by atoms with Crippen LogP contribution in [0.5, 0.6) is 0 Å². The molecule has 3 aromatic rings. The highest BCUT2D eigenvalue weighted by molar-refractivity contribution is 7.22. The topological polar surface area (TPSA) is 29.0 Å². The normalized spacial score (nSPS) is 11.3. The van der Waals surface area contributed by atoms with Crippen molar-refractivity contribution >= 4 is 49.6 Å². The summed E-state index contributed by atoms with van der Waals surface area (Å²) in [5, 5.41) is 3.94. The van der Waals surface area contributed by atoms with Crippen LogP contribution in [0, 0.1) is 5.51 Å². The van der Waals surface area contributed by atoms with Gasteiger partial charge < -0.3 is 4.90 Å². The Hall–Kier alpha value is -1.17. The fourth-order valence-electron chi connectivity index (χ4n) is 2.80. The van der Waals surface area contributed by atoms with Gasteiger partial charge in [-0.25, -0.2) is 9.97 Å². The lowest BCUT2D eigenvalue weighted by Crippen LogP contribution is -2.27. The van der Waals surface area contributed by atoms with Gasteiger partial charge >= 0.3 is 0 Å². The van der Waals surface area contributed by atoms with Gasteiger partial charge in [-0.3, -0.25) is 0 Å². The van der Waals surface area contributed by atoms with E-state index in [4.69, 9.17) is 16.6 Å². The van der Waals surface area contributed by atoms with Crippen LogP contribution in [0.2, 0.25) is 5.02 Å². The number of rotatable bonds is 10. The lowest BCUT2D eigenvalue weighted by atomic mass is 10.1. The predicted molar refractivity (Wildman–Crippen MR) is 110 cm³/mol. The summed E-state index contributed by atoms with van der Waals surface area (Å²) in [4.78, 5) is 11.5. The molecule has 0 amide bonds. The first-order chi connectivity index (χ1) is 12.3. The SMILES string of the molecule is CCCCCCCN(CCc1cs[c]n1)c1nc2ccc(Cl)cc2s1. The van der Waals surface area contributed by atoms with Crippen LogP contribution in [0.25, 0.3) is 10.2 Å². The summed E-state index contributed by atoms with van der Waals surface area (Å²) >= 11 is 9.39. The molecule has 1 aromatic carbocycles. The molecule has 2 aromatic heterocycles. The lowest BCUT2D eigenvalue weighted by Gasteiger charge is -2.21. The lowest BCUT2D eigenvalue weighted by molar-refractivity contribution is 0.616. The molecular formula is C19H23ClN3S2. The summed E-state index contributed by atoms with van der Waals surface area (Å²) in [6.07, 6.45) is 7.36. The maximum atomic E-state index is 6.12. The largest absolute Gasteiger partial charge is 0.348 e. The second-order valence-corrected chi connectivity index (χ2v) is 8.29. The van der Waals surface area contributed by atoms with Gasteiger partial charge in [0.2, 0.25) is 0 Å². The van der Waals surface area contributed by atoms with E-state index in [1.807, 2.05) is 18.2 Å². The van der Waals surface area contributed by atoms with Crippen LogP contribution in [0.4, 0.5) is 5.13 Å². The molecule has 0 aliphatic heterocycles. The number of unbranched alkanes of at least 4 members (excludes halogenated alkanes) is 4. The quantitative estimate of drug-likeness (QED) is 0.383. The van der Waals surface area contributed by atoms with E-state index in [0.717, 1.165) is 45.6 Å². The Morgan fingerprint density at radius 1 is 1.16 bits per heavy atom. The molecule has 0 spiro atoms. The van der Waals surface area contributed by atoms with Crippen LogP contribution in [-0.4, -0.2) is 23.1 Å². The number of nitrogens with zero attached hydrogens (tertiary/aromatic N) is 3. The van der Waals surface area contributed by atoms with Crippen molar-refractivity contribution in [1.82, 2.24) is 9.97 Å². The zero-order valence-corrected chi connectivity index (χ0v) is 16.9. The van der Waals surface area contributed by atoms with Crippen LogP contribution in [0.3, 0.4) is 0 Å². The Kier molecular flexibility index (Phi) is 7.08. The molecule has 133 valence electrons. The highest BCUT2D eigenvalue weighted by Crippen LogP contribution is 2.31. The third kappa shape index (κ3) is 5.40. The zero-order chi connectivity index (χ0) is 17.5.